The van der Waals surface area contributed by atoms with E-state index in [1.54, 1.807) is 18.2 Å². The molecule has 6 heteroatoms. The summed E-state index contributed by atoms with van der Waals surface area (Å²) in [5.74, 6) is -1.22. The summed E-state index contributed by atoms with van der Waals surface area (Å²) in [6, 6.07) is 13.6. The third-order valence-corrected chi connectivity index (χ3v) is 5.95. The number of benzene rings is 2. The molecule has 1 saturated heterocycles. The molecule has 4 atom stereocenters. The van der Waals surface area contributed by atoms with Gasteiger partial charge in [0.25, 0.3) is 0 Å². The van der Waals surface area contributed by atoms with Crippen LogP contribution in [0.3, 0.4) is 0 Å². The predicted octanol–water partition coefficient (Wildman–Crippen LogP) is 5.00. The zero-order valence-electron chi connectivity index (χ0n) is 16.2. The molecule has 0 amide bonds. The molecule has 150 valence electrons. The van der Waals surface area contributed by atoms with Gasteiger partial charge in [0.2, 0.25) is 0 Å². The lowest BCUT2D eigenvalue weighted by Gasteiger charge is -2.40. The Labute approximate surface area is 176 Å². The molecule has 1 aliphatic rings. The summed E-state index contributed by atoms with van der Waals surface area (Å²) >= 11 is 12.3. The molecule has 4 nitrogen and oxygen atoms in total. The first-order valence-corrected chi connectivity index (χ1v) is 10.1. The zero-order chi connectivity index (χ0) is 20.7. The van der Waals surface area contributed by atoms with Crippen LogP contribution < -0.4 is 11.1 Å². The van der Waals surface area contributed by atoms with Gasteiger partial charge in [-0.25, -0.2) is 0 Å². The van der Waals surface area contributed by atoms with Crippen molar-refractivity contribution in [2.24, 2.45) is 17.1 Å². The quantitative estimate of drug-likeness (QED) is 0.650. The molecule has 0 radical (unpaired) electrons. The van der Waals surface area contributed by atoms with Crippen molar-refractivity contribution >= 4 is 29.2 Å². The van der Waals surface area contributed by atoms with Crippen molar-refractivity contribution in [2.45, 2.75) is 44.8 Å². The van der Waals surface area contributed by atoms with Crippen molar-refractivity contribution < 1.29 is 9.90 Å². The number of hydrogen-bond acceptors (Lipinski definition) is 3. The van der Waals surface area contributed by atoms with Crippen molar-refractivity contribution in [1.82, 2.24) is 5.32 Å². The molecule has 0 bridgehead atoms. The number of carbonyl (C=O) groups is 1. The molecule has 1 heterocycles. The maximum absolute atomic E-state index is 12.1. The fourth-order valence-corrected chi connectivity index (χ4v) is 4.62. The molecule has 4 N–H and O–H groups in total. The van der Waals surface area contributed by atoms with Gasteiger partial charge >= 0.3 is 5.97 Å². The molecule has 3 rings (SSSR count). The topological polar surface area (TPSA) is 75.3 Å². The summed E-state index contributed by atoms with van der Waals surface area (Å²) in [4.78, 5) is 12.1. The maximum Gasteiger partial charge on any atom is 0.321 e. The highest BCUT2D eigenvalue weighted by Crippen LogP contribution is 2.50. The second-order valence-corrected chi connectivity index (χ2v) is 9.65. The van der Waals surface area contributed by atoms with E-state index in [2.05, 4.69) is 26.1 Å². The summed E-state index contributed by atoms with van der Waals surface area (Å²) in [5.41, 5.74) is 7.81. The molecule has 0 saturated carbocycles. The average Bonchev–Trinajstić information content (AvgIpc) is 2.88. The summed E-state index contributed by atoms with van der Waals surface area (Å²) in [6.07, 6.45) is 0.646. The maximum atomic E-state index is 12.1. The van der Waals surface area contributed by atoms with Crippen LogP contribution >= 0.6 is 23.2 Å². The van der Waals surface area contributed by atoms with Crippen LogP contribution in [0.5, 0.6) is 0 Å². The van der Waals surface area contributed by atoms with E-state index in [-0.39, 0.29) is 11.3 Å². The normalized spacial score (nSPS) is 27.7. The molecule has 2 aromatic rings. The number of carboxylic acids is 1. The Balaban J connectivity index is 2.19. The Morgan fingerprint density at radius 2 is 1.79 bits per heavy atom. The highest BCUT2D eigenvalue weighted by Gasteiger charge is 2.56. The monoisotopic (exact) mass is 420 g/mol. The van der Waals surface area contributed by atoms with Crippen LogP contribution in [-0.2, 0) is 10.3 Å². The van der Waals surface area contributed by atoms with Crippen molar-refractivity contribution in [3.63, 3.8) is 0 Å². The minimum atomic E-state index is -0.939. The highest BCUT2D eigenvalue weighted by atomic mass is 35.5. The van der Waals surface area contributed by atoms with Gasteiger partial charge in [0.15, 0.2) is 0 Å². The number of rotatable bonds is 4. The molecule has 4 unspecified atom stereocenters. The Kier molecular flexibility index (Phi) is 5.79. The minimum Gasteiger partial charge on any atom is -0.480 e. The van der Waals surface area contributed by atoms with Gasteiger partial charge in [-0.05, 0) is 47.2 Å². The van der Waals surface area contributed by atoms with Crippen molar-refractivity contribution in [3.8, 4) is 0 Å². The van der Waals surface area contributed by atoms with Gasteiger partial charge in [-0.1, -0.05) is 68.2 Å². The van der Waals surface area contributed by atoms with E-state index < -0.39 is 23.6 Å². The lowest BCUT2D eigenvalue weighted by atomic mass is 9.67. The average molecular weight is 421 g/mol. The van der Waals surface area contributed by atoms with Crippen LogP contribution in [-0.4, -0.2) is 17.1 Å². The van der Waals surface area contributed by atoms with Crippen LogP contribution in [0.4, 0.5) is 0 Å². The van der Waals surface area contributed by atoms with Gasteiger partial charge in [-0.15, -0.1) is 0 Å². The number of halogens is 2. The van der Waals surface area contributed by atoms with E-state index in [9.17, 15) is 9.90 Å². The molecule has 2 aromatic carbocycles. The van der Waals surface area contributed by atoms with E-state index >= 15 is 0 Å². The van der Waals surface area contributed by atoms with Crippen LogP contribution in [0, 0.1) is 11.3 Å². The van der Waals surface area contributed by atoms with Crippen molar-refractivity contribution in [1.29, 1.82) is 0 Å². The minimum absolute atomic E-state index is 0.0969. The lowest BCUT2D eigenvalue weighted by Crippen LogP contribution is -2.48. The Bertz CT molecular complexity index is 864. The number of hydrogen-bond donors (Lipinski definition) is 3. The Morgan fingerprint density at radius 1 is 1.14 bits per heavy atom. The van der Waals surface area contributed by atoms with Gasteiger partial charge in [-0.3, -0.25) is 10.1 Å². The van der Waals surface area contributed by atoms with Crippen molar-refractivity contribution in [3.05, 3.63) is 69.7 Å². The fraction of sp³-hybridized carbons (Fsp3) is 0.409. The van der Waals surface area contributed by atoms with Gasteiger partial charge in [0.1, 0.15) is 6.04 Å². The van der Waals surface area contributed by atoms with E-state index in [0.29, 0.717) is 16.5 Å². The zero-order valence-corrected chi connectivity index (χ0v) is 17.8. The van der Waals surface area contributed by atoms with Crippen LogP contribution in [0.2, 0.25) is 10.0 Å². The molecule has 28 heavy (non-hydrogen) atoms. The Hall–Kier alpha value is -1.59. The fourth-order valence-electron chi connectivity index (χ4n) is 4.29. The van der Waals surface area contributed by atoms with Crippen molar-refractivity contribution in [2.75, 3.05) is 0 Å². The molecular formula is C22H26Cl2N2O2. The Morgan fingerprint density at radius 3 is 2.32 bits per heavy atom. The van der Waals surface area contributed by atoms with Crippen LogP contribution in [0.1, 0.15) is 44.4 Å². The first-order valence-electron chi connectivity index (χ1n) is 9.31. The molecular weight excluding hydrogens is 395 g/mol. The number of aliphatic carboxylic acids is 1. The van der Waals surface area contributed by atoms with Gasteiger partial charge in [0.05, 0.1) is 11.6 Å². The largest absolute Gasteiger partial charge is 0.480 e. The molecule has 0 aromatic heterocycles. The predicted molar refractivity (Wildman–Crippen MR) is 114 cm³/mol. The van der Waals surface area contributed by atoms with Crippen LogP contribution in [0.25, 0.3) is 0 Å². The van der Waals surface area contributed by atoms with E-state index in [1.807, 2.05) is 30.3 Å². The third-order valence-electron chi connectivity index (χ3n) is 5.46. The second kappa shape index (κ2) is 7.68. The highest BCUT2D eigenvalue weighted by molar-refractivity contribution is 6.30. The summed E-state index contributed by atoms with van der Waals surface area (Å²) < 4.78 is 0. The number of nitrogens with one attached hydrogen (secondary N) is 1. The van der Waals surface area contributed by atoms with E-state index in [4.69, 9.17) is 28.9 Å². The molecule has 1 aliphatic heterocycles. The van der Waals surface area contributed by atoms with Crippen LogP contribution in [0.15, 0.2) is 48.5 Å². The van der Waals surface area contributed by atoms with E-state index in [1.165, 1.54) is 0 Å². The molecule has 0 aliphatic carbocycles. The van der Waals surface area contributed by atoms with Gasteiger partial charge < -0.3 is 10.8 Å². The van der Waals surface area contributed by atoms with E-state index in [0.717, 1.165) is 11.1 Å². The molecule has 0 spiro atoms. The molecule has 1 fully saturated rings. The first-order chi connectivity index (χ1) is 13.0. The number of nitrogens with two attached hydrogens (primary N) is 1. The first kappa shape index (κ1) is 21.1. The smallest absolute Gasteiger partial charge is 0.321 e. The number of carboxylic acid groups (broad SMARTS) is 1. The van der Waals surface area contributed by atoms with Gasteiger partial charge in [-0.2, -0.15) is 0 Å². The lowest BCUT2D eigenvalue weighted by molar-refractivity contribution is -0.140. The summed E-state index contributed by atoms with van der Waals surface area (Å²) in [5, 5.41) is 14.4. The standard InChI is InChI=1S/C22H26Cl2N2O2/c1-21(2,3)12-17-18(20(27)28)26-19(13-5-4-6-16(24)11-13)22(17,25)14-7-9-15(23)10-8-14/h4-11,17-19,26H,12,25H2,1-3H3,(H,27,28). The van der Waals surface area contributed by atoms with Gasteiger partial charge in [0, 0.05) is 16.0 Å². The second-order valence-electron chi connectivity index (χ2n) is 8.78. The SMILES string of the molecule is CC(C)(C)CC1C(C(=O)O)NC(c2cccc(Cl)c2)C1(N)c1ccc(Cl)cc1. The third kappa shape index (κ3) is 4.06. The summed E-state index contributed by atoms with van der Waals surface area (Å²) in [6.45, 7) is 6.29. The summed E-state index contributed by atoms with van der Waals surface area (Å²) in [7, 11) is 0.